The normalized spacial score (nSPS) is 18.6. The van der Waals surface area contributed by atoms with Gasteiger partial charge in [-0.25, -0.2) is 8.42 Å². The lowest BCUT2D eigenvalue weighted by atomic mass is 9.94. The molecule has 1 aliphatic heterocycles. The summed E-state index contributed by atoms with van der Waals surface area (Å²) in [6, 6.07) is 3.75. The molecule has 1 N–H and O–H groups in total. The minimum Gasteiger partial charge on any atom is -0.387 e. The van der Waals surface area contributed by atoms with Crippen molar-refractivity contribution in [1.29, 1.82) is 0 Å². The number of nitrogens with zero attached hydrogens (tertiary/aromatic N) is 2. The van der Waals surface area contributed by atoms with Crippen LogP contribution in [0.1, 0.15) is 18.9 Å². The van der Waals surface area contributed by atoms with E-state index < -0.39 is 20.5 Å². The second kappa shape index (κ2) is 4.80. The third-order valence-electron chi connectivity index (χ3n) is 3.60. The maximum atomic E-state index is 12.4. The number of hydrogen-bond acceptors (Lipinski definition) is 5. The number of benzene rings is 1. The number of nitro benzene ring substituents is 1. The van der Waals surface area contributed by atoms with Crippen LogP contribution in [0.4, 0.5) is 5.69 Å². The zero-order valence-corrected chi connectivity index (χ0v) is 12.1. The van der Waals surface area contributed by atoms with E-state index in [0.29, 0.717) is 12.0 Å². The van der Waals surface area contributed by atoms with Crippen LogP contribution < -0.4 is 0 Å². The number of non-ortho nitro benzene ring substituents is 1. The van der Waals surface area contributed by atoms with Crippen molar-refractivity contribution in [3.05, 3.63) is 33.9 Å². The van der Waals surface area contributed by atoms with Crippen molar-refractivity contribution in [3.8, 4) is 0 Å². The van der Waals surface area contributed by atoms with Gasteiger partial charge in [-0.2, -0.15) is 4.31 Å². The molecule has 7 nitrogen and oxygen atoms in total. The van der Waals surface area contributed by atoms with E-state index in [4.69, 9.17) is 0 Å². The Kier molecular flexibility index (Phi) is 3.57. The maximum absolute atomic E-state index is 12.4. The Labute approximate surface area is 117 Å². The fraction of sp³-hybridized carbons (Fsp3) is 0.500. The van der Waals surface area contributed by atoms with Gasteiger partial charge in [-0.15, -0.1) is 0 Å². The summed E-state index contributed by atoms with van der Waals surface area (Å²) in [4.78, 5) is 10.0. The predicted octanol–water partition coefficient (Wildman–Crippen LogP) is 1.05. The summed E-state index contributed by atoms with van der Waals surface area (Å²) in [5, 5.41) is 20.6. The number of sulfonamides is 1. The van der Waals surface area contributed by atoms with Gasteiger partial charge >= 0.3 is 0 Å². The van der Waals surface area contributed by atoms with Gasteiger partial charge in [-0.1, -0.05) is 13.0 Å². The lowest BCUT2D eigenvalue weighted by molar-refractivity contribution is -0.385. The summed E-state index contributed by atoms with van der Waals surface area (Å²) in [5.74, 6) is 0. The highest BCUT2D eigenvalue weighted by Gasteiger charge is 2.46. The highest BCUT2D eigenvalue weighted by atomic mass is 32.2. The summed E-state index contributed by atoms with van der Waals surface area (Å²) in [6.45, 7) is 3.41. The lowest BCUT2D eigenvalue weighted by Gasteiger charge is -2.44. The van der Waals surface area contributed by atoms with E-state index in [1.54, 1.807) is 13.8 Å². The minimum absolute atomic E-state index is 0.0218. The third-order valence-corrected chi connectivity index (χ3v) is 5.53. The first kappa shape index (κ1) is 14.9. The monoisotopic (exact) mass is 300 g/mol. The Morgan fingerprint density at radius 2 is 2.05 bits per heavy atom. The zero-order valence-electron chi connectivity index (χ0n) is 11.2. The lowest BCUT2D eigenvalue weighted by Crippen LogP contribution is -2.62. The molecule has 1 fully saturated rings. The maximum Gasteiger partial charge on any atom is 0.270 e. The van der Waals surface area contributed by atoms with Gasteiger partial charge in [0.15, 0.2) is 0 Å². The van der Waals surface area contributed by atoms with Crippen LogP contribution in [0.3, 0.4) is 0 Å². The van der Waals surface area contributed by atoms with Gasteiger partial charge in [0.1, 0.15) is 0 Å². The molecular weight excluding hydrogens is 284 g/mol. The van der Waals surface area contributed by atoms with E-state index in [1.807, 2.05) is 0 Å². The van der Waals surface area contributed by atoms with Crippen molar-refractivity contribution in [3.63, 3.8) is 0 Å². The van der Waals surface area contributed by atoms with Gasteiger partial charge in [0, 0.05) is 25.2 Å². The number of aryl methyl sites for hydroxylation is 1. The van der Waals surface area contributed by atoms with E-state index in [-0.39, 0.29) is 23.7 Å². The van der Waals surface area contributed by atoms with Gasteiger partial charge in [-0.05, 0) is 18.9 Å². The van der Waals surface area contributed by atoms with Gasteiger partial charge in [0.2, 0.25) is 10.0 Å². The van der Waals surface area contributed by atoms with Crippen LogP contribution >= 0.6 is 0 Å². The molecule has 1 aromatic carbocycles. The molecule has 0 radical (unpaired) electrons. The molecule has 1 saturated heterocycles. The highest BCUT2D eigenvalue weighted by Crippen LogP contribution is 2.32. The van der Waals surface area contributed by atoms with Crippen LogP contribution in [0.5, 0.6) is 0 Å². The number of aliphatic hydroxyl groups is 1. The molecular formula is C12H16N2O5S. The van der Waals surface area contributed by atoms with E-state index in [9.17, 15) is 23.6 Å². The molecule has 0 aliphatic carbocycles. The Bertz CT molecular complexity index is 650. The zero-order chi connectivity index (χ0) is 15.1. The van der Waals surface area contributed by atoms with E-state index >= 15 is 0 Å². The van der Waals surface area contributed by atoms with Crippen molar-refractivity contribution in [2.24, 2.45) is 0 Å². The Morgan fingerprint density at radius 1 is 1.45 bits per heavy atom. The van der Waals surface area contributed by atoms with Gasteiger partial charge in [-0.3, -0.25) is 10.1 Å². The molecule has 2 rings (SSSR count). The summed E-state index contributed by atoms with van der Waals surface area (Å²) < 4.78 is 26.0. The van der Waals surface area contributed by atoms with Crippen LogP contribution in [-0.2, 0) is 10.0 Å². The van der Waals surface area contributed by atoms with Crippen LogP contribution in [0.2, 0.25) is 0 Å². The van der Waals surface area contributed by atoms with E-state index in [1.165, 1.54) is 12.1 Å². The van der Waals surface area contributed by atoms with Crippen molar-refractivity contribution >= 4 is 15.7 Å². The molecule has 20 heavy (non-hydrogen) atoms. The molecule has 1 aromatic rings. The summed E-state index contributed by atoms with van der Waals surface area (Å²) in [5.41, 5.74) is -0.801. The van der Waals surface area contributed by atoms with Crippen LogP contribution in [0.25, 0.3) is 0 Å². The minimum atomic E-state index is -3.80. The largest absolute Gasteiger partial charge is 0.387 e. The quantitative estimate of drug-likeness (QED) is 0.661. The average Bonchev–Trinajstić information content (AvgIpc) is 2.34. The van der Waals surface area contributed by atoms with Crippen molar-refractivity contribution < 1.29 is 18.4 Å². The van der Waals surface area contributed by atoms with Gasteiger partial charge in [0.05, 0.1) is 15.4 Å². The van der Waals surface area contributed by atoms with Crippen molar-refractivity contribution in [2.75, 3.05) is 13.1 Å². The summed E-state index contributed by atoms with van der Waals surface area (Å²) in [7, 11) is -3.80. The summed E-state index contributed by atoms with van der Waals surface area (Å²) >= 11 is 0. The molecule has 0 amide bonds. The smallest absolute Gasteiger partial charge is 0.270 e. The number of rotatable bonds is 4. The number of β-amino-alcohol motifs (C(OH)–C–C–N with tert-alkyl or cyclic N) is 1. The molecule has 110 valence electrons. The SMILES string of the molecule is CCC1(O)CN(S(=O)(=O)c2cc([N+](=O)[O-])ccc2C)C1. The van der Waals surface area contributed by atoms with E-state index in [0.717, 1.165) is 10.4 Å². The summed E-state index contributed by atoms with van der Waals surface area (Å²) in [6.07, 6.45) is 0.465. The second-order valence-electron chi connectivity index (χ2n) is 5.06. The van der Waals surface area contributed by atoms with Crippen LogP contribution in [0.15, 0.2) is 23.1 Å². The standard InChI is InChI=1S/C12H16N2O5S/c1-3-12(15)7-13(8-12)20(18,19)11-6-10(14(16)17)5-4-9(11)2/h4-6,15H,3,7-8H2,1-2H3. The van der Waals surface area contributed by atoms with Gasteiger partial charge < -0.3 is 5.11 Å². The molecule has 0 spiro atoms. The van der Waals surface area contributed by atoms with Crippen molar-refractivity contribution in [1.82, 2.24) is 4.31 Å². The molecule has 1 aliphatic rings. The van der Waals surface area contributed by atoms with Gasteiger partial charge in [0.25, 0.3) is 5.69 Å². The molecule has 8 heteroatoms. The fourth-order valence-corrected chi connectivity index (χ4v) is 3.97. The Morgan fingerprint density at radius 3 is 2.55 bits per heavy atom. The first-order valence-corrected chi connectivity index (χ1v) is 7.61. The number of hydrogen-bond donors (Lipinski definition) is 1. The van der Waals surface area contributed by atoms with Crippen LogP contribution in [-0.4, -0.2) is 41.4 Å². The Balaban J connectivity index is 2.36. The fourth-order valence-electron chi connectivity index (χ4n) is 2.12. The third kappa shape index (κ3) is 2.41. The second-order valence-corrected chi connectivity index (χ2v) is 6.96. The molecule has 0 aromatic heterocycles. The first-order valence-electron chi connectivity index (χ1n) is 6.17. The molecule has 1 heterocycles. The van der Waals surface area contributed by atoms with E-state index in [2.05, 4.69) is 0 Å². The molecule has 0 atom stereocenters. The molecule has 0 saturated carbocycles. The van der Waals surface area contributed by atoms with Crippen molar-refractivity contribution in [2.45, 2.75) is 30.8 Å². The average molecular weight is 300 g/mol. The van der Waals surface area contributed by atoms with Crippen LogP contribution in [0, 0.1) is 17.0 Å². The highest BCUT2D eigenvalue weighted by molar-refractivity contribution is 7.89. The molecule has 0 bridgehead atoms. The topological polar surface area (TPSA) is 101 Å². The predicted molar refractivity (Wildman–Crippen MR) is 71.8 cm³/mol. The Hall–Kier alpha value is -1.51. The molecule has 0 unspecified atom stereocenters. The first-order chi connectivity index (χ1) is 9.19. The number of nitro groups is 1.